The standard InChI is InChI=1S/C12H24N2O/c1-10(2)9-13-12(15)14-11-7-5-3-4-6-8-11/h10-11H,3-9H2,1-2H3,(H2,13,14,15). The van der Waals surface area contributed by atoms with E-state index < -0.39 is 0 Å². The van der Waals surface area contributed by atoms with Gasteiger partial charge in [-0.05, 0) is 18.8 Å². The van der Waals surface area contributed by atoms with Gasteiger partial charge in [-0.15, -0.1) is 0 Å². The average Bonchev–Trinajstić information content (AvgIpc) is 2.43. The van der Waals surface area contributed by atoms with E-state index in [0.29, 0.717) is 12.0 Å². The molecule has 0 atom stereocenters. The molecule has 3 heteroatoms. The molecule has 88 valence electrons. The van der Waals surface area contributed by atoms with Crippen molar-refractivity contribution in [2.75, 3.05) is 6.54 Å². The van der Waals surface area contributed by atoms with Gasteiger partial charge in [-0.2, -0.15) is 0 Å². The van der Waals surface area contributed by atoms with Crippen molar-refractivity contribution in [1.29, 1.82) is 0 Å². The van der Waals surface area contributed by atoms with E-state index in [1.165, 1.54) is 25.7 Å². The van der Waals surface area contributed by atoms with Gasteiger partial charge < -0.3 is 10.6 Å². The van der Waals surface area contributed by atoms with Crippen molar-refractivity contribution in [2.45, 2.75) is 58.4 Å². The Hall–Kier alpha value is -0.730. The smallest absolute Gasteiger partial charge is 0.315 e. The maximum atomic E-state index is 11.5. The van der Waals surface area contributed by atoms with E-state index in [2.05, 4.69) is 24.5 Å². The average molecular weight is 212 g/mol. The van der Waals surface area contributed by atoms with Gasteiger partial charge in [0.2, 0.25) is 0 Å². The van der Waals surface area contributed by atoms with Crippen LogP contribution in [0.1, 0.15) is 52.4 Å². The second-order valence-corrected chi connectivity index (χ2v) is 4.94. The van der Waals surface area contributed by atoms with Gasteiger partial charge in [0.25, 0.3) is 0 Å². The van der Waals surface area contributed by atoms with Crippen LogP contribution in [0.3, 0.4) is 0 Å². The Labute approximate surface area is 93.0 Å². The fourth-order valence-corrected chi connectivity index (χ4v) is 1.96. The maximum absolute atomic E-state index is 11.5. The summed E-state index contributed by atoms with van der Waals surface area (Å²) in [5.74, 6) is 0.518. The van der Waals surface area contributed by atoms with Gasteiger partial charge >= 0.3 is 6.03 Å². The van der Waals surface area contributed by atoms with Crippen LogP contribution >= 0.6 is 0 Å². The van der Waals surface area contributed by atoms with Crippen LogP contribution in [-0.4, -0.2) is 18.6 Å². The molecule has 0 heterocycles. The lowest BCUT2D eigenvalue weighted by atomic mass is 10.1. The molecule has 15 heavy (non-hydrogen) atoms. The van der Waals surface area contributed by atoms with Crippen LogP contribution in [0.15, 0.2) is 0 Å². The predicted molar refractivity (Wildman–Crippen MR) is 62.9 cm³/mol. The van der Waals surface area contributed by atoms with E-state index in [9.17, 15) is 4.79 Å². The Morgan fingerprint density at radius 1 is 1.20 bits per heavy atom. The highest BCUT2D eigenvalue weighted by molar-refractivity contribution is 5.74. The van der Waals surface area contributed by atoms with Gasteiger partial charge in [0.1, 0.15) is 0 Å². The molecule has 0 aromatic carbocycles. The lowest BCUT2D eigenvalue weighted by Gasteiger charge is -2.17. The SMILES string of the molecule is CC(C)CNC(=O)NC1CCCCCC1. The Morgan fingerprint density at radius 3 is 2.33 bits per heavy atom. The molecule has 1 aliphatic rings. The first kappa shape index (κ1) is 12.3. The fourth-order valence-electron chi connectivity index (χ4n) is 1.96. The normalized spacial score (nSPS) is 18.6. The molecule has 0 aliphatic heterocycles. The van der Waals surface area contributed by atoms with Gasteiger partial charge in [-0.1, -0.05) is 39.5 Å². The lowest BCUT2D eigenvalue weighted by molar-refractivity contribution is 0.234. The van der Waals surface area contributed by atoms with Gasteiger partial charge in [0, 0.05) is 12.6 Å². The number of amides is 2. The predicted octanol–water partition coefficient (Wildman–Crippen LogP) is 2.66. The molecule has 1 aliphatic carbocycles. The number of hydrogen-bond acceptors (Lipinski definition) is 1. The zero-order chi connectivity index (χ0) is 11.1. The van der Waals surface area contributed by atoms with Crippen molar-refractivity contribution in [3.8, 4) is 0 Å². The van der Waals surface area contributed by atoms with Crippen LogP contribution in [0, 0.1) is 5.92 Å². The summed E-state index contributed by atoms with van der Waals surface area (Å²) in [6.45, 7) is 4.97. The highest BCUT2D eigenvalue weighted by atomic mass is 16.2. The molecule has 3 nitrogen and oxygen atoms in total. The number of nitrogens with one attached hydrogen (secondary N) is 2. The Morgan fingerprint density at radius 2 is 1.80 bits per heavy atom. The number of rotatable bonds is 3. The number of urea groups is 1. The molecule has 0 aromatic rings. The van der Waals surface area contributed by atoms with E-state index in [0.717, 1.165) is 19.4 Å². The Kier molecular flexibility index (Phi) is 5.51. The highest BCUT2D eigenvalue weighted by Gasteiger charge is 2.14. The van der Waals surface area contributed by atoms with Crippen LogP contribution < -0.4 is 10.6 Å². The topological polar surface area (TPSA) is 41.1 Å². The molecular weight excluding hydrogens is 188 g/mol. The second kappa shape index (κ2) is 6.70. The summed E-state index contributed by atoms with van der Waals surface area (Å²) in [4.78, 5) is 11.5. The van der Waals surface area contributed by atoms with Gasteiger partial charge in [-0.25, -0.2) is 4.79 Å². The van der Waals surface area contributed by atoms with E-state index in [-0.39, 0.29) is 6.03 Å². The molecule has 1 fully saturated rings. The van der Waals surface area contributed by atoms with E-state index in [1.54, 1.807) is 0 Å². The van der Waals surface area contributed by atoms with E-state index in [1.807, 2.05) is 0 Å². The minimum atomic E-state index is 0.00981. The third-order valence-corrected chi connectivity index (χ3v) is 2.86. The largest absolute Gasteiger partial charge is 0.338 e. The second-order valence-electron chi connectivity index (χ2n) is 4.94. The molecule has 0 unspecified atom stereocenters. The summed E-state index contributed by atoms with van der Waals surface area (Å²) in [6, 6.07) is 0.412. The Bertz CT molecular complexity index is 184. The van der Waals surface area contributed by atoms with Crippen LogP contribution in [0.25, 0.3) is 0 Å². The number of carbonyl (C=O) groups is 1. The number of carbonyl (C=O) groups excluding carboxylic acids is 1. The summed E-state index contributed by atoms with van der Waals surface area (Å²) in [6.07, 6.45) is 7.46. The summed E-state index contributed by atoms with van der Waals surface area (Å²) in [5, 5.41) is 5.96. The monoisotopic (exact) mass is 212 g/mol. The molecule has 1 saturated carbocycles. The van der Waals surface area contributed by atoms with Crippen LogP contribution in [-0.2, 0) is 0 Å². The summed E-state index contributed by atoms with van der Waals surface area (Å²) in [7, 11) is 0. The molecule has 0 spiro atoms. The Balaban J connectivity index is 2.17. The van der Waals surface area contributed by atoms with Gasteiger partial charge in [0.05, 0.1) is 0 Å². The van der Waals surface area contributed by atoms with Crippen LogP contribution in [0.5, 0.6) is 0 Å². The minimum Gasteiger partial charge on any atom is -0.338 e. The molecule has 0 bridgehead atoms. The van der Waals surface area contributed by atoms with Gasteiger partial charge in [0.15, 0.2) is 0 Å². The van der Waals surface area contributed by atoms with E-state index >= 15 is 0 Å². The molecule has 0 aromatic heterocycles. The summed E-state index contributed by atoms with van der Waals surface area (Å²) in [5.41, 5.74) is 0. The zero-order valence-corrected chi connectivity index (χ0v) is 10.0. The fraction of sp³-hybridized carbons (Fsp3) is 0.917. The lowest BCUT2D eigenvalue weighted by Crippen LogP contribution is -2.43. The third-order valence-electron chi connectivity index (χ3n) is 2.86. The highest BCUT2D eigenvalue weighted by Crippen LogP contribution is 2.16. The van der Waals surface area contributed by atoms with Crippen molar-refractivity contribution in [1.82, 2.24) is 10.6 Å². The van der Waals surface area contributed by atoms with Crippen molar-refractivity contribution in [2.24, 2.45) is 5.92 Å². The minimum absolute atomic E-state index is 0.00981. The summed E-state index contributed by atoms with van der Waals surface area (Å²) < 4.78 is 0. The van der Waals surface area contributed by atoms with Gasteiger partial charge in [-0.3, -0.25) is 0 Å². The first-order chi connectivity index (χ1) is 7.18. The molecule has 2 amide bonds. The van der Waals surface area contributed by atoms with Crippen LogP contribution in [0.4, 0.5) is 4.79 Å². The summed E-state index contributed by atoms with van der Waals surface area (Å²) >= 11 is 0. The van der Waals surface area contributed by atoms with Crippen molar-refractivity contribution in [3.63, 3.8) is 0 Å². The first-order valence-electron chi connectivity index (χ1n) is 6.23. The third kappa shape index (κ3) is 5.65. The number of hydrogen-bond donors (Lipinski definition) is 2. The molecule has 1 rings (SSSR count). The zero-order valence-electron chi connectivity index (χ0n) is 10.0. The van der Waals surface area contributed by atoms with Crippen molar-refractivity contribution >= 4 is 6.03 Å². The van der Waals surface area contributed by atoms with Crippen LogP contribution in [0.2, 0.25) is 0 Å². The molecule has 2 N–H and O–H groups in total. The molecule has 0 saturated heterocycles. The molecule has 0 radical (unpaired) electrons. The van der Waals surface area contributed by atoms with Crippen molar-refractivity contribution in [3.05, 3.63) is 0 Å². The molecular formula is C12H24N2O. The maximum Gasteiger partial charge on any atom is 0.315 e. The van der Waals surface area contributed by atoms with Crippen molar-refractivity contribution < 1.29 is 4.79 Å². The van der Waals surface area contributed by atoms with E-state index in [4.69, 9.17) is 0 Å². The first-order valence-corrected chi connectivity index (χ1v) is 6.23. The quantitative estimate of drug-likeness (QED) is 0.694.